The predicted octanol–water partition coefficient (Wildman–Crippen LogP) is 7.04. The molecule has 0 unspecified atom stereocenters. The molecule has 0 saturated carbocycles. The Hall–Kier alpha value is -3.25. The zero-order valence-electron chi connectivity index (χ0n) is 23.2. The molecular weight excluding hydrogens is 466 g/mol. The van der Waals surface area contributed by atoms with E-state index < -0.39 is 17.8 Å². The first-order valence-electron chi connectivity index (χ1n) is 13.1. The quantitative estimate of drug-likeness (QED) is 0.0782. The minimum atomic E-state index is -0.543. The Bertz CT molecular complexity index is 886. The molecule has 6 nitrogen and oxygen atoms in total. The van der Waals surface area contributed by atoms with Crippen LogP contribution in [0.25, 0.3) is 6.08 Å². The predicted molar refractivity (Wildman–Crippen MR) is 152 cm³/mol. The number of hydrogen-bond donors (Lipinski definition) is 0. The van der Waals surface area contributed by atoms with Gasteiger partial charge in [-0.1, -0.05) is 102 Å². The summed E-state index contributed by atoms with van der Waals surface area (Å²) in [6.07, 6.45) is 12.5. The van der Waals surface area contributed by atoms with Crippen LogP contribution in [0.4, 0.5) is 0 Å². The van der Waals surface area contributed by atoms with Gasteiger partial charge in [0.05, 0.1) is 12.2 Å². The highest BCUT2D eigenvalue weighted by Crippen LogP contribution is 2.11. The van der Waals surface area contributed by atoms with Crippen LogP contribution < -0.4 is 0 Å². The summed E-state index contributed by atoms with van der Waals surface area (Å²) in [6.45, 7) is 15.3. The molecule has 0 bridgehead atoms. The van der Waals surface area contributed by atoms with Crippen LogP contribution in [-0.2, 0) is 23.9 Å². The van der Waals surface area contributed by atoms with Crippen molar-refractivity contribution in [3.8, 4) is 0 Å². The minimum absolute atomic E-state index is 0.149. The van der Waals surface area contributed by atoms with E-state index in [1.165, 1.54) is 11.6 Å². The minimum Gasteiger partial charge on any atom is -0.462 e. The van der Waals surface area contributed by atoms with Crippen molar-refractivity contribution in [3.63, 3.8) is 0 Å². The van der Waals surface area contributed by atoms with Gasteiger partial charge in [-0.3, -0.25) is 14.5 Å². The molecule has 0 aliphatic carbocycles. The van der Waals surface area contributed by atoms with E-state index in [1.807, 2.05) is 50.3 Å². The van der Waals surface area contributed by atoms with Crippen LogP contribution in [0.5, 0.6) is 0 Å². The van der Waals surface area contributed by atoms with Gasteiger partial charge in [0, 0.05) is 12.2 Å². The fourth-order valence-electron chi connectivity index (χ4n) is 3.03. The number of allylic oxidation sites excluding steroid dienone is 1. The van der Waals surface area contributed by atoms with E-state index in [2.05, 4.69) is 20.1 Å². The highest BCUT2D eigenvalue weighted by molar-refractivity contribution is 6.08. The van der Waals surface area contributed by atoms with Gasteiger partial charge < -0.3 is 9.47 Å². The lowest BCUT2D eigenvalue weighted by molar-refractivity contribution is -0.145. The number of rotatable bonds is 16. The Labute approximate surface area is 223 Å². The molecule has 204 valence electrons. The van der Waals surface area contributed by atoms with Gasteiger partial charge in [-0.05, 0) is 43.9 Å². The van der Waals surface area contributed by atoms with Crippen LogP contribution in [0.3, 0.4) is 0 Å². The number of amides is 2. The molecule has 37 heavy (non-hydrogen) atoms. The number of ether oxygens (including phenoxy) is 2. The third-order valence-corrected chi connectivity index (χ3v) is 5.18. The summed E-state index contributed by atoms with van der Waals surface area (Å²) in [5, 5.41) is 0. The summed E-state index contributed by atoms with van der Waals surface area (Å²) >= 11 is 0. The Morgan fingerprint density at radius 1 is 0.919 bits per heavy atom. The summed E-state index contributed by atoms with van der Waals surface area (Å²) in [5.74, 6) is -1.53. The summed E-state index contributed by atoms with van der Waals surface area (Å²) in [7, 11) is 0. The lowest BCUT2D eigenvalue weighted by Gasteiger charge is -2.19. The molecule has 0 spiro atoms. The molecule has 0 aliphatic heterocycles. The second-order valence-electron chi connectivity index (χ2n) is 8.37. The lowest BCUT2D eigenvalue weighted by Crippen LogP contribution is -2.38. The average Bonchev–Trinajstić information content (AvgIpc) is 2.92. The average molecular weight is 512 g/mol. The molecule has 0 heterocycles. The van der Waals surface area contributed by atoms with E-state index >= 15 is 0 Å². The molecule has 0 atom stereocenters. The maximum absolute atomic E-state index is 12.7. The monoisotopic (exact) mass is 511 g/mol. The van der Waals surface area contributed by atoms with Gasteiger partial charge in [0.2, 0.25) is 0 Å². The molecule has 2 amide bonds. The SMILES string of the molecule is C=CC(=O)N(COCCCC)C(=O)C(C)=CC(=CCC)C(=O)OCCCCCC.C=Cc1ccccc1. The second kappa shape index (κ2) is 22.0. The van der Waals surface area contributed by atoms with Crippen LogP contribution in [0.2, 0.25) is 0 Å². The molecular formula is C31H45NO5. The fraction of sp³-hybridized carbons (Fsp3) is 0.452. The van der Waals surface area contributed by atoms with Gasteiger partial charge in [-0.2, -0.15) is 0 Å². The molecule has 0 radical (unpaired) electrons. The largest absolute Gasteiger partial charge is 0.462 e. The maximum Gasteiger partial charge on any atom is 0.337 e. The van der Waals surface area contributed by atoms with E-state index in [1.54, 1.807) is 13.0 Å². The third-order valence-electron chi connectivity index (χ3n) is 5.18. The van der Waals surface area contributed by atoms with Crippen molar-refractivity contribution >= 4 is 23.9 Å². The van der Waals surface area contributed by atoms with Gasteiger partial charge in [0.1, 0.15) is 6.73 Å². The van der Waals surface area contributed by atoms with Crippen molar-refractivity contribution in [2.75, 3.05) is 19.9 Å². The number of esters is 1. The summed E-state index contributed by atoms with van der Waals surface area (Å²) in [6, 6.07) is 10.0. The zero-order chi connectivity index (χ0) is 27.9. The molecule has 1 rings (SSSR count). The van der Waals surface area contributed by atoms with Gasteiger partial charge >= 0.3 is 5.97 Å². The molecule has 0 fully saturated rings. The van der Waals surface area contributed by atoms with Gasteiger partial charge in [-0.15, -0.1) is 0 Å². The van der Waals surface area contributed by atoms with Gasteiger partial charge in [0.15, 0.2) is 0 Å². The standard InChI is InChI=1S/C23H37NO5.C8H8/c1-6-10-12-13-16-29-23(27)20(14-8-3)17-19(5)22(26)24(21(25)9-4)18-28-15-11-7-2;1-2-8-6-4-3-5-7-8/h9,14,17H,4,6-8,10-13,15-16,18H2,1-3,5H3;2-7H,1H2. The number of unbranched alkanes of at least 4 members (excludes halogenated alkanes) is 4. The normalized spacial score (nSPS) is 11.1. The smallest absolute Gasteiger partial charge is 0.337 e. The lowest BCUT2D eigenvalue weighted by atomic mass is 10.1. The number of benzene rings is 1. The first-order valence-corrected chi connectivity index (χ1v) is 13.1. The van der Waals surface area contributed by atoms with Crippen molar-refractivity contribution in [1.82, 2.24) is 4.90 Å². The van der Waals surface area contributed by atoms with Crippen LogP contribution in [0, 0.1) is 0 Å². The first-order chi connectivity index (χ1) is 17.9. The third kappa shape index (κ3) is 15.5. The highest BCUT2D eigenvalue weighted by atomic mass is 16.5. The van der Waals surface area contributed by atoms with Gasteiger partial charge in [0.25, 0.3) is 11.8 Å². The van der Waals surface area contributed by atoms with Crippen LogP contribution >= 0.6 is 0 Å². The maximum atomic E-state index is 12.7. The molecule has 1 aromatic carbocycles. The van der Waals surface area contributed by atoms with Crippen LogP contribution in [-0.4, -0.2) is 42.6 Å². The Morgan fingerprint density at radius 3 is 2.14 bits per heavy atom. The number of nitrogens with zero attached hydrogens (tertiary/aromatic N) is 1. The fourth-order valence-corrected chi connectivity index (χ4v) is 3.03. The summed E-state index contributed by atoms with van der Waals surface area (Å²) in [5.41, 5.74) is 1.74. The van der Waals surface area contributed by atoms with E-state index in [0.717, 1.165) is 49.5 Å². The second-order valence-corrected chi connectivity index (χ2v) is 8.37. The molecule has 0 saturated heterocycles. The number of carbonyl (C=O) groups excluding carboxylic acids is 3. The van der Waals surface area contributed by atoms with Crippen molar-refractivity contribution in [3.05, 3.63) is 78.4 Å². The number of hydrogen-bond acceptors (Lipinski definition) is 5. The van der Waals surface area contributed by atoms with Crippen molar-refractivity contribution in [2.45, 2.75) is 72.6 Å². The van der Waals surface area contributed by atoms with Crippen LogP contribution in [0.15, 0.2) is 72.9 Å². The van der Waals surface area contributed by atoms with E-state index in [4.69, 9.17) is 9.47 Å². The molecule has 6 heteroatoms. The van der Waals surface area contributed by atoms with E-state index in [-0.39, 0.29) is 12.3 Å². The van der Waals surface area contributed by atoms with Crippen molar-refractivity contribution in [2.24, 2.45) is 0 Å². The molecule has 0 N–H and O–H groups in total. The summed E-state index contributed by atoms with van der Waals surface area (Å²) in [4.78, 5) is 38.1. The Balaban J connectivity index is 0.00000136. The number of carbonyl (C=O) groups is 3. The topological polar surface area (TPSA) is 72.9 Å². The van der Waals surface area contributed by atoms with Gasteiger partial charge in [-0.25, -0.2) is 4.79 Å². The van der Waals surface area contributed by atoms with Crippen LogP contribution in [0.1, 0.15) is 78.2 Å². The summed E-state index contributed by atoms with van der Waals surface area (Å²) < 4.78 is 10.7. The molecule has 0 aromatic heterocycles. The zero-order valence-corrected chi connectivity index (χ0v) is 23.2. The Morgan fingerprint density at radius 2 is 1.59 bits per heavy atom. The van der Waals surface area contributed by atoms with E-state index in [9.17, 15) is 14.4 Å². The molecule has 0 aliphatic rings. The first kappa shape index (κ1) is 33.8. The van der Waals surface area contributed by atoms with Crippen molar-refractivity contribution in [1.29, 1.82) is 0 Å². The molecule has 1 aromatic rings. The number of imide groups is 1. The van der Waals surface area contributed by atoms with E-state index in [0.29, 0.717) is 25.2 Å². The Kier molecular flexibility index (Phi) is 20.1. The highest BCUT2D eigenvalue weighted by Gasteiger charge is 2.22. The van der Waals surface area contributed by atoms with Crippen molar-refractivity contribution < 1.29 is 23.9 Å².